The first kappa shape index (κ1) is 22.3. The van der Waals surface area contributed by atoms with Crippen LogP contribution >= 0.6 is 0 Å². The van der Waals surface area contributed by atoms with Gasteiger partial charge in [0.1, 0.15) is 0 Å². The van der Waals surface area contributed by atoms with Crippen LogP contribution in [-0.4, -0.2) is 28.0 Å². The summed E-state index contributed by atoms with van der Waals surface area (Å²) in [4.78, 5) is 21.5. The smallest absolute Gasteiger partial charge is 0.251 e. The van der Waals surface area contributed by atoms with Crippen molar-refractivity contribution in [2.45, 2.75) is 6.54 Å². The fraction of sp³-hybridized carbons (Fsp3) is 0.0690. The van der Waals surface area contributed by atoms with Crippen LogP contribution in [0.1, 0.15) is 15.9 Å². The zero-order valence-electron chi connectivity index (χ0n) is 19.2. The molecule has 5 aromatic rings. The molecule has 3 aromatic carbocycles. The minimum Gasteiger partial charge on any atom is -0.493 e. The fourth-order valence-corrected chi connectivity index (χ4v) is 4.19. The van der Waals surface area contributed by atoms with Gasteiger partial charge in [0.15, 0.2) is 0 Å². The molecule has 0 atom stereocenters. The summed E-state index contributed by atoms with van der Waals surface area (Å²) in [5, 5.41) is 13.9. The molecule has 0 spiro atoms. The second-order valence-corrected chi connectivity index (χ2v) is 8.20. The van der Waals surface area contributed by atoms with Crippen LogP contribution in [0.3, 0.4) is 0 Å². The van der Waals surface area contributed by atoms with Crippen LogP contribution in [0.25, 0.3) is 44.4 Å². The van der Waals surface area contributed by atoms with E-state index in [9.17, 15) is 9.90 Å². The number of nitrogens with two attached hydrogens (primary N) is 1. The van der Waals surface area contributed by atoms with Crippen LogP contribution in [0.4, 0.5) is 0 Å². The van der Waals surface area contributed by atoms with Crippen LogP contribution in [0.5, 0.6) is 5.88 Å². The number of carbonyl (C=O) groups excluding carboxylic acids is 1. The number of amides is 1. The summed E-state index contributed by atoms with van der Waals surface area (Å²) in [5.74, 6) is -0.274. The van der Waals surface area contributed by atoms with Crippen molar-refractivity contribution in [2.24, 2.45) is 5.73 Å². The molecule has 35 heavy (non-hydrogen) atoms. The first-order valence-corrected chi connectivity index (χ1v) is 11.3. The number of benzene rings is 3. The number of pyridine rings is 2. The number of aromatic nitrogens is 2. The number of fused-ring (bicyclic) bond motifs is 1. The maximum Gasteiger partial charge on any atom is 0.251 e. The Morgan fingerprint density at radius 3 is 2.34 bits per heavy atom. The summed E-state index contributed by atoms with van der Waals surface area (Å²) in [6.07, 6.45) is 1.59. The largest absolute Gasteiger partial charge is 0.493 e. The van der Waals surface area contributed by atoms with Crippen molar-refractivity contribution in [1.29, 1.82) is 0 Å². The molecule has 172 valence electrons. The third kappa shape index (κ3) is 4.23. The molecule has 0 radical (unpaired) electrons. The normalized spacial score (nSPS) is 10.9. The average Bonchev–Trinajstić information content (AvgIpc) is 2.93. The molecule has 6 nitrogen and oxygen atoms in total. The highest BCUT2D eigenvalue weighted by Crippen LogP contribution is 2.39. The average molecular weight is 461 g/mol. The van der Waals surface area contributed by atoms with E-state index in [1.165, 1.54) is 0 Å². The molecule has 0 fully saturated rings. The quantitative estimate of drug-likeness (QED) is 0.337. The first-order valence-electron chi connectivity index (χ1n) is 11.3. The summed E-state index contributed by atoms with van der Waals surface area (Å²) in [7, 11) is 1.60. The van der Waals surface area contributed by atoms with E-state index in [0.717, 1.165) is 39.1 Å². The fourth-order valence-electron chi connectivity index (χ4n) is 4.19. The zero-order valence-corrected chi connectivity index (χ0v) is 19.2. The molecule has 0 unspecified atom stereocenters. The molecule has 5 rings (SSSR count). The molecular formula is C29H24N4O2. The van der Waals surface area contributed by atoms with Gasteiger partial charge in [-0.1, -0.05) is 66.7 Å². The minimum absolute atomic E-state index is 0.0964. The summed E-state index contributed by atoms with van der Waals surface area (Å²) >= 11 is 0. The number of hydrogen-bond donors (Lipinski definition) is 3. The minimum atomic E-state index is -0.178. The van der Waals surface area contributed by atoms with Gasteiger partial charge in [-0.25, -0.2) is 9.97 Å². The third-order valence-electron chi connectivity index (χ3n) is 6.05. The predicted molar refractivity (Wildman–Crippen MR) is 139 cm³/mol. The Hall–Kier alpha value is -4.55. The highest BCUT2D eigenvalue weighted by atomic mass is 16.3. The van der Waals surface area contributed by atoms with Crippen molar-refractivity contribution in [2.75, 3.05) is 7.05 Å². The highest BCUT2D eigenvalue weighted by molar-refractivity contribution is 6.02. The second-order valence-electron chi connectivity index (χ2n) is 8.20. The molecule has 4 N–H and O–H groups in total. The van der Waals surface area contributed by atoms with Crippen molar-refractivity contribution in [3.8, 4) is 39.4 Å². The van der Waals surface area contributed by atoms with Crippen LogP contribution in [-0.2, 0) is 6.54 Å². The van der Waals surface area contributed by atoms with E-state index in [2.05, 4.69) is 10.3 Å². The third-order valence-corrected chi connectivity index (χ3v) is 6.05. The van der Waals surface area contributed by atoms with Gasteiger partial charge in [-0.3, -0.25) is 4.79 Å². The van der Waals surface area contributed by atoms with E-state index in [1.807, 2.05) is 72.8 Å². The Bertz CT molecular complexity index is 1530. The van der Waals surface area contributed by atoms with E-state index < -0.39 is 0 Å². The Morgan fingerprint density at radius 2 is 1.63 bits per heavy atom. The summed E-state index contributed by atoms with van der Waals surface area (Å²) < 4.78 is 0. The molecule has 0 saturated heterocycles. The van der Waals surface area contributed by atoms with E-state index in [1.54, 1.807) is 25.4 Å². The lowest BCUT2D eigenvalue weighted by atomic mass is 9.95. The lowest BCUT2D eigenvalue weighted by molar-refractivity contribution is 0.0963. The summed E-state index contributed by atoms with van der Waals surface area (Å²) in [5.41, 5.74) is 13.0. The standard InChI is InChI=1S/C29H24N4O2/c1-31-28(34)22-9-5-8-21(14-22)25-17-32-29(35)24-15-23(19-6-3-2-4-7-19)26(33-27(24)25)20-12-10-18(16-30)11-13-20/h2-15,17H,16,30H2,1H3,(H,31,34)(H,32,35). The van der Waals surface area contributed by atoms with Gasteiger partial charge in [0.05, 0.1) is 16.6 Å². The van der Waals surface area contributed by atoms with Crippen molar-refractivity contribution >= 4 is 16.8 Å². The van der Waals surface area contributed by atoms with Gasteiger partial charge in [-0.2, -0.15) is 0 Å². The molecule has 1 amide bonds. The molecule has 6 heteroatoms. The summed E-state index contributed by atoms with van der Waals surface area (Å²) in [6.45, 7) is 0.461. The maximum atomic E-state index is 12.2. The van der Waals surface area contributed by atoms with Crippen LogP contribution in [0, 0.1) is 0 Å². The molecule has 2 aromatic heterocycles. The van der Waals surface area contributed by atoms with Gasteiger partial charge < -0.3 is 16.2 Å². The number of carbonyl (C=O) groups is 1. The predicted octanol–water partition coefficient (Wildman–Crippen LogP) is 5.15. The number of hydrogen-bond acceptors (Lipinski definition) is 5. The zero-order chi connectivity index (χ0) is 24.4. The second kappa shape index (κ2) is 9.37. The maximum absolute atomic E-state index is 12.2. The molecule has 2 heterocycles. The highest BCUT2D eigenvalue weighted by Gasteiger charge is 2.18. The molecule has 0 aliphatic heterocycles. The molecule has 0 aliphatic carbocycles. The van der Waals surface area contributed by atoms with E-state index >= 15 is 0 Å². The first-order chi connectivity index (χ1) is 17.1. The van der Waals surface area contributed by atoms with Crippen molar-refractivity contribution < 1.29 is 9.90 Å². The topological polar surface area (TPSA) is 101 Å². The van der Waals surface area contributed by atoms with Gasteiger partial charge in [0.25, 0.3) is 5.91 Å². The number of nitrogens with one attached hydrogen (secondary N) is 1. The van der Waals surface area contributed by atoms with Gasteiger partial charge in [0.2, 0.25) is 5.88 Å². The monoisotopic (exact) mass is 460 g/mol. The number of rotatable bonds is 5. The number of nitrogens with zero attached hydrogens (tertiary/aromatic N) is 2. The lowest BCUT2D eigenvalue weighted by Crippen LogP contribution is -2.17. The SMILES string of the molecule is CNC(=O)c1cccc(-c2cnc(O)c3cc(-c4ccccc4)c(-c4ccc(CN)cc4)nc23)c1. The van der Waals surface area contributed by atoms with Gasteiger partial charge in [-0.15, -0.1) is 0 Å². The van der Waals surface area contributed by atoms with E-state index in [0.29, 0.717) is 23.0 Å². The van der Waals surface area contributed by atoms with Gasteiger partial charge in [0, 0.05) is 42.0 Å². The van der Waals surface area contributed by atoms with Crippen LogP contribution < -0.4 is 11.1 Å². The Kier molecular flexibility index (Phi) is 5.95. The van der Waals surface area contributed by atoms with E-state index in [4.69, 9.17) is 10.7 Å². The molecule has 0 saturated carbocycles. The van der Waals surface area contributed by atoms with Crippen molar-refractivity contribution in [1.82, 2.24) is 15.3 Å². The molecule has 0 bridgehead atoms. The van der Waals surface area contributed by atoms with Crippen molar-refractivity contribution in [3.63, 3.8) is 0 Å². The van der Waals surface area contributed by atoms with E-state index in [-0.39, 0.29) is 11.8 Å². The van der Waals surface area contributed by atoms with Crippen LogP contribution in [0.15, 0.2) is 91.1 Å². The Morgan fingerprint density at radius 1 is 0.886 bits per heavy atom. The van der Waals surface area contributed by atoms with Gasteiger partial charge >= 0.3 is 0 Å². The van der Waals surface area contributed by atoms with Crippen molar-refractivity contribution in [3.05, 3.63) is 102 Å². The molecular weight excluding hydrogens is 436 g/mol. The van der Waals surface area contributed by atoms with Crippen LogP contribution in [0.2, 0.25) is 0 Å². The lowest BCUT2D eigenvalue weighted by Gasteiger charge is -2.15. The summed E-state index contributed by atoms with van der Waals surface area (Å²) in [6, 6.07) is 27.2. The Labute approximate surface area is 203 Å². The number of aromatic hydroxyl groups is 1. The molecule has 0 aliphatic rings. The Balaban J connectivity index is 1.79. The van der Waals surface area contributed by atoms with Gasteiger partial charge in [-0.05, 0) is 34.9 Å².